The number of anilines is 2. The molecular weight excluding hydrogens is 258 g/mol. The van der Waals surface area contributed by atoms with E-state index in [4.69, 9.17) is 0 Å². The van der Waals surface area contributed by atoms with E-state index in [-0.39, 0.29) is 11.8 Å². The molecule has 0 aliphatic carbocycles. The molecule has 1 aromatic heterocycles. The molecule has 1 aromatic rings. The van der Waals surface area contributed by atoms with Gasteiger partial charge in [-0.05, 0) is 13.3 Å². The summed E-state index contributed by atoms with van der Waals surface area (Å²) < 4.78 is 0. The molecule has 2 heterocycles. The highest BCUT2D eigenvalue weighted by Crippen LogP contribution is 2.22. The molecule has 0 bridgehead atoms. The summed E-state index contributed by atoms with van der Waals surface area (Å²) in [6.45, 7) is 3.86. The van der Waals surface area contributed by atoms with Gasteiger partial charge in [-0.1, -0.05) is 6.92 Å². The van der Waals surface area contributed by atoms with Crippen LogP contribution in [0.25, 0.3) is 0 Å². The highest BCUT2D eigenvalue weighted by molar-refractivity contribution is 6.01. The van der Waals surface area contributed by atoms with Crippen LogP contribution in [0.3, 0.4) is 0 Å². The maximum absolute atomic E-state index is 11.8. The molecular formula is C13H19N5O2. The quantitative estimate of drug-likeness (QED) is 0.698. The summed E-state index contributed by atoms with van der Waals surface area (Å²) in [4.78, 5) is 31.7. The lowest BCUT2D eigenvalue weighted by molar-refractivity contribution is -0.133. The molecule has 2 rings (SSSR count). The van der Waals surface area contributed by atoms with E-state index in [2.05, 4.69) is 25.9 Å². The van der Waals surface area contributed by atoms with Crippen LogP contribution < -0.4 is 16.0 Å². The van der Waals surface area contributed by atoms with Gasteiger partial charge in [0, 0.05) is 25.5 Å². The molecule has 1 aliphatic rings. The number of carbonyl (C=O) groups is 2. The van der Waals surface area contributed by atoms with Gasteiger partial charge < -0.3 is 10.6 Å². The number of piperidine rings is 1. The molecule has 1 atom stereocenters. The second-order valence-electron chi connectivity index (χ2n) is 4.71. The summed E-state index contributed by atoms with van der Waals surface area (Å²) in [5.74, 6) is 1.55. The van der Waals surface area contributed by atoms with E-state index >= 15 is 0 Å². The molecule has 1 saturated heterocycles. The van der Waals surface area contributed by atoms with Crippen molar-refractivity contribution in [2.75, 3.05) is 17.7 Å². The van der Waals surface area contributed by atoms with Gasteiger partial charge in [-0.25, -0.2) is 9.97 Å². The predicted molar refractivity (Wildman–Crippen MR) is 75.5 cm³/mol. The van der Waals surface area contributed by atoms with Gasteiger partial charge >= 0.3 is 0 Å². The fraction of sp³-hybridized carbons (Fsp3) is 0.538. The number of imide groups is 1. The van der Waals surface area contributed by atoms with Gasteiger partial charge in [-0.3, -0.25) is 14.9 Å². The first kappa shape index (κ1) is 14.2. The molecule has 1 unspecified atom stereocenters. The van der Waals surface area contributed by atoms with Crippen LogP contribution >= 0.6 is 0 Å². The average molecular weight is 277 g/mol. The van der Waals surface area contributed by atoms with Crippen LogP contribution in [-0.2, 0) is 16.0 Å². The zero-order valence-electron chi connectivity index (χ0n) is 11.9. The Hall–Kier alpha value is -2.18. The van der Waals surface area contributed by atoms with Crippen LogP contribution in [0, 0.1) is 6.92 Å². The molecule has 0 spiro atoms. The minimum atomic E-state index is -0.435. The average Bonchev–Trinajstić information content (AvgIpc) is 2.43. The van der Waals surface area contributed by atoms with Gasteiger partial charge in [0.15, 0.2) is 0 Å². The molecule has 7 heteroatoms. The van der Waals surface area contributed by atoms with Crippen LogP contribution in [0.15, 0.2) is 0 Å². The molecule has 3 N–H and O–H groups in total. The number of hydrogen-bond acceptors (Lipinski definition) is 6. The Kier molecular flexibility index (Phi) is 4.16. The number of aryl methyl sites for hydroxylation is 1. The van der Waals surface area contributed by atoms with Crippen molar-refractivity contribution < 1.29 is 9.59 Å². The molecule has 1 fully saturated rings. The molecule has 0 saturated carbocycles. The third-order valence-corrected chi connectivity index (χ3v) is 3.30. The lowest BCUT2D eigenvalue weighted by Gasteiger charge is -2.23. The van der Waals surface area contributed by atoms with Crippen LogP contribution in [0.1, 0.15) is 31.2 Å². The van der Waals surface area contributed by atoms with E-state index < -0.39 is 6.04 Å². The van der Waals surface area contributed by atoms with Crippen molar-refractivity contribution in [1.29, 1.82) is 0 Å². The highest BCUT2D eigenvalue weighted by Gasteiger charge is 2.27. The number of hydrogen-bond donors (Lipinski definition) is 3. The third kappa shape index (κ3) is 2.87. The van der Waals surface area contributed by atoms with Crippen molar-refractivity contribution in [2.24, 2.45) is 0 Å². The monoisotopic (exact) mass is 277 g/mol. The van der Waals surface area contributed by atoms with Crippen LogP contribution in [0.4, 0.5) is 11.6 Å². The van der Waals surface area contributed by atoms with E-state index in [1.54, 1.807) is 7.05 Å². The number of amides is 2. The van der Waals surface area contributed by atoms with Gasteiger partial charge in [-0.15, -0.1) is 0 Å². The second-order valence-corrected chi connectivity index (χ2v) is 4.71. The first-order valence-corrected chi connectivity index (χ1v) is 6.70. The Morgan fingerprint density at radius 1 is 1.30 bits per heavy atom. The first-order chi connectivity index (χ1) is 9.55. The molecule has 20 heavy (non-hydrogen) atoms. The van der Waals surface area contributed by atoms with Crippen molar-refractivity contribution in [1.82, 2.24) is 15.3 Å². The lowest BCUT2D eigenvalue weighted by atomic mass is 10.1. The maximum atomic E-state index is 11.8. The Morgan fingerprint density at radius 2 is 2.00 bits per heavy atom. The summed E-state index contributed by atoms with van der Waals surface area (Å²) in [7, 11) is 1.80. The maximum Gasteiger partial charge on any atom is 0.249 e. The van der Waals surface area contributed by atoms with E-state index in [1.807, 2.05) is 13.8 Å². The van der Waals surface area contributed by atoms with Crippen molar-refractivity contribution >= 4 is 23.5 Å². The summed E-state index contributed by atoms with van der Waals surface area (Å²) in [6, 6.07) is -0.435. The Bertz CT molecular complexity index is 544. The summed E-state index contributed by atoms with van der Waals surface area (Å²) >= 11 is 0. The Labute approximate surface area is 117 Å². The smallest absolute Gasteiger partial charge is 0.249 e. The Balaban J connectivity index is 2.24. The van der Waals surface area contributed by atoms with Gasteiger partial charge in [0.25, 0.3) is 0 Å². The van der Waals surface area contributed by atoms with E-state index in [0.29, 0.717) is 30.9 Å². The van der Waals surface area contributed by atoms with Gasteiger partial charge in [0.05, 0.1) is 0 Å². The lowest BCUT2D eigenvalue weighted by Crippen LogP contribution is -2.47. The van der Waals surface area contributed by atoms with E-state index in [0.717, 1.165) is 11.4 Å². The molecule has 108 valence electrons. The van der Waals surface area contributed by atoms with Crippen molar-refractivity contribution in [3.63, 3.8) is 0 Å². The summed E-state index contributed by atoms with van der Waals surface area (Å²) in [5.41, 5.74) is 0.856. The largest absolute Gasteiger partial charge is 0.373 e. The van der Waals surface area contributed by atoms with Crippen molar-refractivity contribution in [3.8, 4) is 0 Å². The third-order valence-electron chi connectivity index (χ3n) is 3.30. The van der Waals surface area contributed by atoms with Crippen LogP contribution in [0.5, 0.6) is 0 Å². The second kappa shape index (κ2) is 5.85. The SMILES string of the molecule is CCc1nc(NC)c(C)c(NC2CCC(=O)NC2=O)n1. The van der Waals surface area contributed by atoms with E-state index in [9.17, 15) is 9.59 Å². The molecule has 1 aliphatic heterocycles. The minimum absolute atomic E-state index is 0.224. The highest BCUT2D eigenvalue weighted by atomic mass is 16.2. The molecule has 2 amide bonds. The number of nitrogens with zero attached hydrogens (tertiary/aromatic N) is 2. The summed E-state index contributed by atoms with van der Waals surface area (Å²) in [5, 5.41) is 8.46. The number of aromatic nitrogens is 2. The normalized spacial score (nSPS) is 18.6. The number of carbonyl (C=O) groups excluding carboxylic acids is 2. The van der Waals surface area contributed by atoms with Gasteiger partial charge in [-0.2, -0.15) is 0 Å². The van der Waals surface area contributed by atoms with E-state index in [1.165, 1.54) is 0 Å². The van der Waals surface area contributed by atoms with Gasteiger partial charge in [0.2, 0.25) is 11.8 Å². The molecule has 0 radical (unpaired) electrons. The summed E-state index contributed by atoms with van der Waals surface area (Å²) in [6.07, 6.45) is 1.52. The predicted octanol–water partition coefficient (Wildman–Crippen LogP) is 0.606. The van der Waals surface area contributed by atoms with Crippen molar-refractivity contribution in [3.05, 3.63) is 11.4 Å². The zero-order chi connectivity index (χ0) is 14.7. The number of nitrogens with one attached hydrogen (secondary N) is 3. The zero-order valence-corrected chi connectivity index (χ0v) is 11.9. The Morgan fingerprint density at radius 3 is 2.60 bits per heavy atom. The fourth-order valence-corrected chi connectivity index (χ4v) is 2.10. The standard InChI is InChI=1S/C13H19N5O2/c1-4-9-16-11(14-3)7(2)12(17-9)15-8-5-6-10(19)18-13(8)20/h8H,4-6H2,1-3H3,(H,18,19,20)(H2,14,15,16,17). The van der Waals surface area contributed by atoms with Crippen molar-refractivity contribution in [2.45, 2.75) is 39.2 Å². The molecule has 7 nitrogen and oxygen atoms in total. The number of rotatable bonds is 4. The minimum Gasteiger partial charge on any atom is -0.373 e. The molecule has 0 aromatic carbocycles. The fourth-order valence-electron chi connectivity index (χ4n) is 2.10. The van der Waals surface area contributed by atoms with Crippen LogP contribution in [-0.4, -0.2) is 34.9 Å². The van der Waals surface area contributed by atoms with Crippen LogP contribution in [0.2, 0.25) is 0 Å². The van der Waals surface area contributed by atoms with Gasteiger partial charge in [0.1, 0.15) is 23.5 Å². The first-order valence-electron chi connectivity index (χ1n) is 6.70. The topological polar surface area (TPSA) is 96.0 Å².